The van der Waals surface area contributed by atoms with Crippen LogP contribution in [0.15, 0.2) is 0 Å². The molecule has 0 aromatic carbocycles. The summed E-state index contributed by atoms with van der Waals surface area (Å²) in [5.74, 6) is -0.0917. The van der Waals surface area contributed by atoms with E-state index in [0.717, 1.165) is 32.1 Å². The molecule has 0 bridgehead atoms. The number of carbonyl (C=O) groups excluding carboxylic acids is 1. The van der Waals surface area contributed by atoms with Crippen LogP contribution in [0.1, 0.15) is 59.8 Å². The predicted octanol–water partition coefficient (Wildman–Crippen LogP) is 3.46. The maximum Gasteiger partial charge on any atom is 0.322 e. The SMILES string of the molecule is CCC(C)(I)C(=O)OC1CCCCC1C(C)(C)O. The number of rotatable bonds is 4. The molecular formula is C14H25IO3. The van der Waals surface area contributed by atoms with E-state index >= 15 is 0 Å². The third-order valence-corrected chi connectivity index (χ3v) is 5.16. The summed E-state index contributed by atoms with van der Waals surface area (Å²) in [5.41, 5.74) is -0.779. The van der Waals surface area contributed by atoms with Crippen molar-refractivity contribution in [1.29, 1.82) is 0 Å². The Balaban J connectivity index is 2.72. The van der Waals surface area contributed by atoms with Crippen LogP contribution in [0.25, 0.3) is 0 Å². The molecule has 3 unspecified atom stereocenters. The Labute approximate surface area is 124 Å². The van der Waals surface area contributed by atoms with Crippen molar-refractivity contribution in [2.24, 2.45) is 5.92 Å². The molecule has 18 heavy (non-hydrogen) atoms. The summed E-state index contributed by atoms with van der Waals surface area (Å²) >= 11 is 2.15. The standard InChI is InChI=1S/C14H25IO3/c1-5-14(4,15)12(16)18-11-9-7-6-8-10(11)13(2,3)17/h10-11,17H,5-9H2,1-4H3. The molecule has 1 saturated carbocycles. The Morgan fingerprint density at radius 2 is 1.89 bits per heavy atom. The minimum Gasteiger partial charge on any atom is -0.461 e. The molecule has 1 aliphatic rings. The van der Waals surface area contributed by atoms with Gasteiger partial charge in [0.05, 0.1) is 5.60 Å². The lowest BCUT2D eigenvalue weighted by Crippen LogP contribution is -2.45. The lowest BCUT2D eigenvalue weighted by atomic mass is 9.76. The zero-order valence-electron chi connectivity index (χ0n) is 11.8. The van der Waals surface area contributed by atoms with Crippen LogP contribution >= 0.6 is 22.6 Å². The highest BCUT2D eigenvalue weighted by Crippen LogP contribution is 2.36. The molecule has 0 amide bonds. The Bertz CT molecular complexity index is 294. The molecule has 0 spiro atoms. The fourth-order valence-electron chi connectivity index (χ4n) is 2.45. The maximum atomic E-state index is 12.1. The normalized spacial score (nSPS) is 28.6. The number of carbonyl (C=O) groups is 1. The van der Waals surface area contributed by atoms with Crippen LogP contribution < -0.4 is 0 Å². The molecule has 3 atom stereocenters. The number of ether oxygens (including phenoxy) is 1. The lowest BCUT2D eigenvalue weighted by molar-refractivity contribution is -0.162. The van der Waals surface area contributed by atoms with Crippen LogP contribution in [0.3, 0.4) is 0 Å². The molecule has 1 fully saturated rings. The summed E-state index contributed by atoms with van der Waals surface area (Å²) < 4.78 is 5.22. The number of esters is 1. The summed E-state index contributed by atoms with van der Waals surface area (Å²) in [7, 11) is 0. The van der Waals surface area contributed by atoms with Crippen LogP contribution in [0.5, 0.6) is 0 Å². The van der Waals surface area contributed by atoms with Gasteiger partial charge in [-0.2, -0.15) is 0 Å². The molecular weight excluding hydrogens is 343 g/mol. The predicted molar refractivity (Wildman–Crippen MR) is 80.9 cm³/mol. The van der Waals surface area contributed by atoms with Gasteiger partial charge in [0, 0.05) is 5.92 Å². The minimum absolute atomic E-state index is 0.0549. The Morgan fingerprint density at radius 3 is 2.39 bits per heavy atom. The van der Waals surface area contributed by atoms with Gasteiger partial charge in [-0.1, -0.05) is 35.9 Å². The Morgan fingerprint density at radius 1 is 1.33 bits per heavy atom. The van der Waals surface area contributed by atoms with E-state index in [-0.39, 0.29) is 18.0 Å². The van der Waals surface area contributed by atoms with Crippen LogP contribution in [-0.2, 0) is 9.53 Å². The van der Waals surface area contributed by atoms with Gasteiger partial charge in [0.1, 0.15) is 9.53 Å². The molecule has 1 aliphatic carbocycles. The topological polar surface area (TPSA) is 46.5 Å². The van der Waals surface area contributed by atoms with Crippen molar-refractivity contribution in [3.8, 4) is 0 Å². The fraction of sp³-hybridized carbons (Fsp3) is 0.929. The summed E-state index contributed by atoms with van der Waals surface area (Å²) in [6.07, 6.45) is 4.62. The molecule has 3 nitrogen and oxygen atoms in total. The van der Waals surface area contributed by atoms with Gasteiger partial charge in [0.25, 0.3) is 0 Å². The first-order valence-corrected chi connectivity index (χ1v) is 7.88. The molecule has 0 heterocycles. The second-order valence-corrected chi connectivity index (χ2v) is 8.42. The Kier molecular flexibility index (Phi) is 5.47. The number of aliphatic hydroxyl groups is 1. The largest absolute Gasteiger partial charge is 0.461 e. The van der Waals surface area contributed by atoms with Gasteiger partial charge in [0.2, 0.25) is 0 Å². The second-order valence-electron chi connectivity index (χ2n) is 6.04. The molecule has 0 aromatic rings. The summed E-state index contributed by atoms with van der Waals surface area (Å²) in [6.45, 7) is 7.51. The Hall–Kier alpha value is 0.160. The summed E-state index contributed by atoms with van der Waals surface area (Å²) in [5, 5.41) is 10.2. The van der Waals surface area contributed by atoms with Crippen LogP contribution in [-0.4, -0.2) is 26.2 Å². The lowest BCUT2D eigenvalue weighted by Gasteiger charge is -2.39. The number of hydrogen-bond donors (Lipinski definition) is 1. The van der Waals surface area contributed by atoms with Gasteiger partial charge in [-0.15, -0.1) is 0 Å². The van der Waals surface area contributed by atoms with Crippen molar-refractivity contribution in [1.82, 2.24) is 0 Å². The number of hydrogen-bond acceptors (Lipinski definition) is 3. The zero-order chi connectivity index (χ0) is 14.0. The van der Waals surface area contributed by atoms with E-state index in [0.29, 0.717) is 0 Å². The summed E-state index contributed by atoms with van der Waals surface area (Å²) in [6, 6.07) is 0. The van der Waals surface area contributed by atoms with E-state index in [9.17, 15) is 9.90 Å². The zero-order valence-corrected chi connectivity index (χ0v) is 14.0. The average molecular weight is 368 g/mol. The van der Waals surface area contributed by atoms with E-state index in [1.807, 2.05) is 27.7 Å². The van der Waals surface area contributed by atoms with Crippen molar-refractivity contribution in [2.75, 3.05) is 0 Å². The van der Waals surface area contributed by atoms with Gasteiger partial charge in [0.15, 0.2) is 0 Å². The van der Waals surface area contributed by atoms with Crippen LogP contribution in [0.2, 0.25) is 0 Å². The van der Waals surface area contributed by atoms with Crippen molar-refractivity contribution >= 4 is 28.6 Å². The molecule has 0 radical (unpaired) electrons. The third-order valence-electron chi connectivity index (χ3n) is 3.96. The van der Waals surface area contributed by atoms with Gasteiger partial charge in [-0.25, -0.2) is 0 Å². The highest BCUT2D eigenvalue weighted by molar-refractivity contribution is 14.1. The van der Waals surface area contributed by atoms with Crippen LogP contribution in [0.4, 0.5) is 0 Å². The fourth-order valence-corrected chi connectivity index (χ4v) is 2.58. The second kappa shape index (κ2) is 6.07. The molecule has 106 valence electrons. The van der Waals surface area contributed by atoms with Gasteiger partial charge in [-0.3, -0.25) is 4.79 Å². The molecule has 1 N–H and O–H groups in total. The number of halogens is 1. The third kappa shape index (κ3) is 4.08. The molecule has 0 aromatic heterocycles. The van der Waals surface area contributed by atoms with Gasteiger partial charge in [-0.05, 0) is 46.5 Å². The first kappa shape index (κ1) is 16.2. The van der Waals surface area contributed by atoms with Crippen molar-refractivity contribution in [2.45, 2.75) is 74.9 Å². The maximum absolute atomic E-state index is 12.1. The van der Waals surface area contributed by atoms with E-state index in [2.05, 4.69) is 22.6 Å². The first-order valence-electron chi connectivity index (χ1n) is 6.81. The monoisotopic (exact) mass is 368 g/mol. The molecule has 4 heteroatoms. The molecule has 1 rings (SSSR count). The average Bonchev–Trinajstić information content (AvgIpc) is 2.28. The van der Waals surface area contributed by atoms with E-state index < -0.39 is 9.02 Å². The van der Waals surface area contributed by atoms with Crippen molar-refractivity contribution in [3.05, 3.63) is 0 Å². The quantitative estimate of drug-likeness (QED) is 0.470. The number of alkyl halides is 1. The highest BCUT2D eigenvalue weighted by Gasteiger charge is 2.40. The highest BCUT2D eigenvalue weighted by atomic mass is 127. The van der Waals surface area contributed by atoms with Gasteiger partial charge >= 0.3 is 5.97 Å². The van der Waals surface area contributed by atoms with Crippen molar-refractivity contribution in [3.63, 3.8) is 0 Å². The molecule has 0 aliphatic heterocycles. The van der Waals surface area contributed by atoms with E-state index in [1.165, 1.54) is 0 Å². The summed E-state index contributed by atoms with van der Waals surface area (Å²) in [4.78, 5) is 12.1. The molecule has 0 saturated heterocycles. The first-order chi connectivity index (χ1) is 8.18. The van der Waals surface area contributed by atoms with E-state index in [4.69, 9.17) is 4.74 Å². The van der Waals surface area contributed by atoms with Crippen LogP contribution in [0, 0.1) is 5.92 Å². The minimum atomic E-state index is -0.779. The van der Waals surface area contributed by atoms with Gasteiger partial charge < -0.3 is 9.84 Å². The van der Waals surface area contributed by atoms with Crippen molar-refractivity contribution < 1.29 is 14.6 Å². The smallest absolute Gasteiger partial charge is 0.322 e. The van der Waals surface area contributed by atoms with E-state index in [1.54, 1.807) is 0 Å².